The quantitative estimate of drug-likeness (QED) is 0.784. The van der Waals surface area contributed by atoms with Crippen LogP contribution in [0.15, 0.2) is 63.8 Å². The third-order valence-corrected chi connectivity index (χ3v) is 3.73. The zero-order valence-electron chi connectivity index (χ0n) is 13.2. The van der Waals surface area contributed by atoms with Crippen LogP contribution >= 0.6 is 0 Å². The maximum absolute atomic E-state index is 12.2. The van der Waals surface area contributed by atoms with Gasteiger partial charge in [-0.1, -0.05) is 30.3 Å². The van der Waals surface area contributed by atoms with E-state index in [9.17, 15) is 9.59 Å². The average molecular weight is 323 g/mol. The normalized spacial score (nSPS) is 10.5. The second kappa shape index (κ2) is 7.00. The maximum atomic E-state index is 12.2. The van der Waals surface area contributed by atoms with Crippen LogP contribution in [0.5, 0.6) is 5.75 Å². The van der Waals surface area contributed by atoms with E-state index in [-0.39, 0.29) is 11.2 Å². The van der Waals surface area contributed by atoms with Gasteiger partial charge in [0.05, 0.1) is 12.5 Å². The topological polar surface area (TPSA) is 68.5 Å². The molecular formula is C19H17NO4. The summed E-state index contributed by atoms with van der Waals surface area (Å²) < 4.78 is 10.8. The standard InChI is InChI=1S/C19H17NO4/c1-23-16-8-4-2-6-13(16)10-11-20-19(22)18-12-15(21)14-7-3-5-9-17(14)24-18/h2-9,12H,10-11H2,1H3,(H,20,22). The molecule has 24 heavy (non-hydrogen) atoms. The number of para-hydroxylation sites is 2. The summed E-state index contributed by atoms with van der Waals surface area (Å²) in [6.07, 6.45) is 0.619. The SMILES string of the molecule is COc1ccccc1CCNC(=O)c1cc(=O)c2ccccc2o1. The zero-order chi connectivity index (χ0) is 16.9. The molecule has 0 unspecified atom stereocenters. The van der Waals surface area contributed by atoms with Gasteiger partial charge in [0.2, 0.25) is 0 Å². The fourth-order valence-corrected chi connectivity index (χ4v) is 2.52. The van der Waals surface area contributed by atoms with Crippen LogP contribution in [0.2, 0.25) is 0 Å². The van der Waals surface area contributed by atoms with E-state index in [0.29, 0.717) is 23.9 Å². The predicted octanol–water partition coefficient (Wildman–Crippen LogP) is 2.77. The van der Waals surface area contributed by atoms with Gasteiger partial charge in [0.1, 0.15) is 11.3 Å². The lowest BCUT2D eigenvalue weighted by Crippen LogP contribution is -2.26. The van der Waals surface area contributed by atoms with Gasteiger partial charge in [-0.25, -0.2) is 0 Å². The Morgan fingerprint density at radius 2 is 1.88 bits per heavy atom. The Bertz CT molecular complexity index is 930. The highest BCUT2D eigenvalue weighted by Gasteiger charge is 2.12. The highest BCUT2D eigenvalue weighted by molar-refractivity contribution is 5.93. The van der Waals surface area contributed by atoms with Crippen molar-refractivity contribution in [3.63, 3.8) is 0 Å². The molecule has 0 saturated heterocycles. The van der Waals surface area contributed by atoms with Crippen LogP contribution < -0.4 is 15.5 Å². The number of hydrogen-bond acceptors (Lipinski definition) is 4. The van der Waals surface area contributed by atoms with E-state index in [4.69, 9.17) is 9.15 Å². The minimum absolute atomic E-state index is 0.0127. The highest BCUT2D eigenvalue weighted by Crippen LogP contribution is 2.17. The number of methoxy groups -OCH3 is 1. The van der Waals surface area contributed by atoms with Gasteiger partial charge in [-0.2, -0.15) is 0 Å². The highest BCUT2D eigenvalue weighted by atomic mass is 16.5. The molecule has 1 heterocycles. The minimum Gasteiger partial charge on any atom is -0.496 e. The monoisotopic (exact) mass is 323 g/mol. The number of carbonyl (C=O) groups is 1. The third-order valence-electron chi connectivity index (χ3n) is 3.73. The van der Waals surface area contributed by atoms with E-state index in [0.717, 1.165) is 11.3 Å². The first-order valence-corrected chi connectivity index (χ1v) is 7.62. The van der Waals surface area contributed by atoms with E-state index in [1.807, 2.05) is 24.3 Å². The summed E-state index contributed by atoms with van der Waals surface area (Å²) >= 11 is 0. The molecular weight excluding hydrogens is 306 g/mol. The summed E-state index contributed by atoms with van der Waals surface area (Å²) in [5.74, 6) is 0.385. The number of carbonyl (C=O) groups excluding carboxylic acids is 1. The molecule has 1 amide bonds. The maximum Gasteiger partial charge on any atom is 0.287 e. The van der Waals surface area contributed by atoms with Crippen LogP contribution in [0, 0.1) is 0 Å². The summed E-state index contributed by atoms with van der Waals surface area (Å²) in [7, 11) is 1.61. The molecule has 0 spiro atoms. The molecule has 0 radical (unpaired) electrons. The van der Waals surface area contributed by atoms with Gasteiger partial charge in [-0.15, -0.1) is 0 Å². The van der Waals surface area contributed by atoms with E-state index in [1.165, 1.54) is 6.07 Å². The van der Waals surface area contributed by atoms with E-state index in [2.05, 4.69) is 5.32 Å². The van der Waals surface area contributed by atoms with Crippen molar-refractivity contribution in [2.24, 2.45) is 0 Å². The number of rotatable bonds is 5. The van der Waals surface area contributed by atoms with Crippen molar-refractivity contribution in [3.05, 3.63) is 76.1 Å². The van der Waals surface area contributed by atoms with Crippen LogP contribution in [-0.4, -0.2) is 19.6 Å². The second-order valence-electron chi connectivity index (χ2n) is 5.29. The lowest BCUT2D eigenvalue weighted by Gasteiger charge is -2.09. The molecule has 0 aliphatic heterocycles. The van der Waals surface area contributed by atoms with E-state index < -0.39 is 5.91 Å². The van der Waals surface area contributed by atoms with Gasteiger partial charge in [0.25, 0.3) is 5.91 Å². The molecule has 1 N–H and O–H groups in total. The first-order valence-electron chi connectivity index (χ1n) is 7.62. The molecule has 2 aromatic carbocycles. The Balaban J connectivity index is 1.70. The molecule has 3 aromatic rings. The number of ether oxygens (including phenoxy) is 1. The van der Waals surface area contributed by atoms with Crippen molar-refractivity contribution >= 4 is 16.9 Å². The lowest BCUT2D eigenvalue weighted by molar-refractivity contribution is 0.0927. The van der Waals surface area contributed by atoms with Crippen LogP contribution in [0.1, 0.15) is 16.1 Å². The van der Waals surface area contributed by atoms with Gasteiger partial charge >= 0.3 is 0 Å². The molecule has 5 nitrogen and oxygen atoms in total. The summed E-state index contributed by atoms with van der Waals surface area (Å²) in [5.41, 5.74) is 1.17. The molecule has 122 valence electrons. The van der Waals surface area contributed by atoms with Crippen LogP contribution in [0.4, 0.5) is 0 Å². The molecule has 0 fully saturated rings. The van der Waals surface area contributed by atoms with Gasteiger partial charge in [0, 0.05) is 12.6 Å². The Hall–Kier alpha value is -3.08. The first kappa shape index (κ1) is 15.8. The minimum atomic E-state index is -0.409. The molecule has 0 aliphatic rings. The third kappa shape index (κ3) is 3.30. The van der Waals surface area contributed by atoms with Crippen LogP contribution in [0.3, 0.4) is 0 Å². The van der Waals surface area contributed by atoms with E-state index in [1.54, 1.807) is 31.4 Å². The molecule has 0 bridgehead atoms. The Morgan fingerprint density at radius 3 is 2.71 bits per heavy atom. The molecule has 5 heteroatoms. The predicted molar refractivity (Wildman–Crippen MR) is 91.5 cm³/mol. The summed E-state index contributed by atoms with van der Waals surface area (Å²) in [6.45, 7) is 0.412. The van der Waals surface area contributed by atoms with Crippen molar-refractivity contribution in [1.82, 2.24) is 5.32 Å². The number of hydrogen-bond donors (Lipinski definition) is 1. The van der Waals surface area contributed by atoms with Gasteiger partial charge in [-0.3, -0.25) is 9.59 Å². The van der Waals surface area contributed by atoms with Crippen LogP contribution in [-0.2, 0) is 6.42 Å². The molecule has 1 aromatic heterocycles. The van der Waals surface area contributed by atoms with Crippen molar-refractivity contribution in [2.75, 3.05) is 13.7 Å². The largest absolute Gasteiger partial charge is 0.496 e. The van der Waals surface area contributed by atoms with Crippen molar-refractivity contribution in [1.29, 1.82) is 0 Å². The summed E-state index contributed by atoms with van der Waals surface area (Å²) in [5, 5.41) is 3.22. The number of fused-ring (bicyclic) bond motifs is 1. The van der Waals surface area contributed by atoms with Crippen LogP contribution in [0.25, 0.3) is 11.0 Å². The Morgan fingerprint density at radius 1 is 1.12 bits per heavy atom. The van der Waals surface area contributed by atoms with Gasteiger partial charge in [-0.05, 0) is 30.2 Å². The smallest absolute Gasteiger partial charge is 0.287 e. The van der Waals surface area contributed by atoms with Crippen molar-refractivity contribution < 1.29 is 13.9 Å². The second-order valence-corrected chi connectivity index (χ2v) is 5.29. The van der Waals surface area contributed by atoms with Gasteiger partial charge < -0.3 is 14.5 Å². The van der Waals surface area contributed by atoms with Gasteiger partial charge in [0.15, 0.2) is 11.2 Å². The Kier molecular flexibility index (Phi) is 4.61. The molecule has 0 atom stereocenters. The summed E-state index contributed by atoms with van der Waals surface area (Å²) in [6, 6.07) is 15.7. The molecule has 0 aliphatic carbocycles. The van der Waals surface area contributed by atoms with Crippen molar-refractivity contribution in [2.45, 2.75) is 6.42 Å². The van der Waals surface area contributed by atoms with E-state index >= 15 is 0 Å². The number of nitrogens with one attached hydrogen (secondary N) is 1. The number of amides is 1. The number of benzene rings is 2. The molecule has 3 rings (SSSR count). The molecule has 0 saturated carbocycles. The first-order chi connectivity index (χ1) is 11.7. The van der Waals surface area contributed by atoms with Crippen molar-refractivity contribution in [3.8, 4) is 5.75 Å². The fraction of sp³-hybridized carbons (Fsp3) is 0.158. The average Bonchev–Trinajstić information content (AvgIpc) is 2.62. The zero-order valence-corrected chi connectivity index (χ0v) is 13.2. The Labute approximate surface area is 138 Å². The summed E-state index contributed by atoms with van der Waals surface area (Å²) in [4.78, 5) is 24.2. The lowest BCUT2D eigenvalue weighted by atomic mass is 10.1. The fourth-order valence-electron chi connectivity index (χ4n) is 2.52.